The Kier molecular flexibility index (Phi) is 16.0. The molecule has 4 saturated carbocycles. The van der Waals surface area contributed by atoms with Gasteiger partial charge in [0.15, 0.2) is 18.9 Å². The molecule has 9 aliphatic rings. The van der Waals surface area contributed by atoms with Gasteiger partial charge in [-0.1, -0.05) is 46.3 Å². The van der Waals surface area contributed by atoms with Crippen LogP contribution >= 0.6 is 0 Å². The Hall–Kier alpha value is -1.63. The van der Waals surface area contributed by atoms with E-state index >= 15 is 4.79 Å². The van der Waals surface area contributed by atoms with Crippen LogP contribution in [0.2, 0.25) is 0 Å². The van der Waals surface area contributed by atoms with Crippen molar-refractivity contribution in [1.29, 1.82) is 0 Å². The predicted octanol–water partition coefficient (Wildman–Crippen LogP) is -2.82. The van der Waals surface area contributed by atoms with E-state index in [0.29, 0.717) is 32.1 Å². The van der Waals surface area contributed by atoms with E-state index in [0.717, 1.165) is 5.57 Å². The summed E-state index contributed by atoms with van der Waals surface area (Å²) in [5, 5.41) is 153. The van der Waals surface area contributed by atoms with Crippen LogP contribution in [-0.2, 0) is 42.7 Å². The summed E-state index contributed by atoms with van der Waals surface area (Å²) < 4.78 is 46.6. The first-order valence-corrected chi connectivity index (χ1v) is 26.9. The molecule has 0 unspecified atom stereocenters. The van der Waals surface area contributed by atoms with Crippen molar-refractivity contribution in [1.82, 2.24) is 0 Å². The maximum absolute atomic E-state index is 15.1. The first-order valence-electron chi connectivity index (χ1n) is 26.9. The number of hydrogen-bond acceptors (Lipinski definition) is 23. The molecular formula is C52H84O23. The third-order valence-electron chi connectivity index (χ3n) is 21.1. The molecule has 0 aromatic carbocycles. The van der Waals surface area contributed by atoms with E-state index in [-0.39, 0.29) is 44.3 Å². The van der Waals surface area contributed by atoms with Gasteiger partial charge in [0.1, 0.15) is 79.4 Å². The summed E-state index contributed by atoms with van der Waals surface area (Å²) in [6.07, 6.45) is -24.6. The average Bonchev–Trinajstić information content (AvgIpc) is 3.36. The number of carbonyl (C=O) groups is 1. The van der Waals surface area contributed by atoms with Gasteiger partial charge in [0.05, 0.1) is 55.8 Å². The van der Waals surface area contributed by atoms with Crippen LogP contribution in [0.5, 0.6) is 0 Å². The zero-order valence-corrected chi connectivity index (χ0v) is 43.9. The quantitative estimate of drug-likeness (QED) is 0.0596. The largest absolute Gasteiger partial charge is 0.432 e. The molecule has 0 aromatic heterocycles. The summed E-state index contributed by atoms with van der Waals surface area (Å²) in [6, 6.07) is 0. The minimum atomic E-state index is -1.88. The standard InChI is InChI=1S/C52H84O23/c1-21-30-23-8-9-29-47(3)16-24(54)41(74-44-39(65)40(26(56)18-69-44)73-43-36(62)32(58)25(55)17-68-43)48(4,20-53)28(47)10-11-50(29,6)49(23,5)12-14-52(30,15-13-51(21,7)67)46(66)75-45-38(64)35(61)33(59)27(72-45)19-70-42-37(63)34(60)31(57)22(2)71-42/h8,21-22,24-45,53-65,67H,9-20H2,1-7H3/t21-,22+,24-,25-,26+,27-,28-,29-,30+,31+,32+,33-,34-,35+,36-,37-,38-,39-,40+,41+,42-,43+,44+,45+,47+,48+,49-,50-,51+,52-/m1/s1. The fourth-order valence-corrected chi connectivity index (χ4v) is 16.1. The van der Waals surface area contributed by atoms with Gasteiger partial charge in [-0.05, 0) is 99.2 Å². The molecule has 430 valence electrons. The van der Waals surface area contributed by atoms with Gasteiger partial charge in [-0.25, -0.2) is 0 Å². The molecule has 5 aliphatic carbocycles. The third kappa shape index (κ3) is 9.20. The van der Waals surface area contributed by atoms with Crippen LogP contribution in [0.1, 0.15) is 99.8 Å². The summed E-state index contributed by atoms with van der Waals surface area (Å²) in [5.41, 5.74) is -4.16. The Balaban J connectivity index is 0.945. The maximum Gasteiger partial charge on any atom is 0.315 e. The molecule has 4 aliphatic heterocycles. The minimum Gasteiger partial charge on any atom is -0.432 e. The van der Waals surface area contributed by atoms with Gasteiger partial charge in [-0.3, -0.25) is 4.79 Å². The van der Waals surface area contributed by atoms with Crippen LogP contribution in [0.15, 0.2) is 11.6 Å². The molecule has 23 nitrogen and oxygen atoms in total. The summed E-state index contributed by atoms with van der Waals surface area (Å²) >= 11 is 0. The van der Waals surface area contributed by atoms with Gasteiger partial charge in [-0.15, -0.1) is 0 Å². The van der Waals surface area contributed by atoms with Gasteiger partial charge in [-0.2, -0.15) is 0 Å². The predicted molar refractivity (Wildman–Crippen MR) is 254 cm³/mol. The lowest BCUT2D eigenvalue weighted by molar-refractivity contribution is -0.354. The molecular weight excluding hydrogens is 993 g/mol. The zero-order valence-electron chi connectivity index (χ0n) is 43.9. The van der Waals surface area contributed by atoms with E-state index in [1.54, 1.807) is 6.92 Å². The van der Waals surface area contributed by atoms with Crippen molar-refractivity contribution < 1.29 is 114 Å². The summed E-state index contributed by atoms with van der Waals surface area (Å²) in [4.78, 5) is 15.1. The van der Waals surface area contributed by atoms with Crippen molar-refractivity contribution in [2.45, 2.75) is 228 Å². The highest BCUT2D eigenvalue weighted by atomic mass is 16.7. The topological polar surface area (TPSA) is 374 Å². The molecule has 4 saturated heterocycles. The van der Waals surface area contributed by atoms with E-state index in [1.807, 2.05) is 13.8 Å². The van der Waals surface area contributed by atoms with Crippen LogP contribution < -0.4 is 0 Å². The molecule has 0 radical (unpaired) electrons. The number of allylic oxidation sites excluding steroid dienone is 2. The summed E-state index contributed by atoms with van der Waals surface area (Å²) in [7, 11) is 0. The Morgan fingerprint density at radius 3 is 1.95 bits per heavy atom. The molecule has 8 fully saturated rings. The van der Waals surface area contributed by atoms with Crippen molar-refractivity contribution in [2.24, 2.45) is 50.7 Å². The lowest BCUT2D eigenvalue weighted by Crippen LogP contribution is -2.70. The first-order chi connectivity index (χ1) is 35.0. The smallest absolute Gasteiger partial charge is 0.315 e. The molecule has 0 aromatic rings. The van der Waals surface area contributed by atoms with E-state index < -0.39 is 187 Å². The number of rotatable bonds is 10. The first kappa shape index (κ1) is 58.0. The van der Waals surface area contributed by atoms with Gasteiger partial charge in [0.25, 0.3) is 0 Å². The van der Waals surface area contributed by atoms with Crippen molar-refractivity contribution in [3.8, 4) is 0 Å². The second-order valence-electron chi connectivity index (χ2n) is 25.1. The van der Waals surface area contributed by atoms with E-state index in [4.69, 9.17) is 37.9 Å². The second kappa shape index (κ2) is 20.7. The van der Waals surface area contributed by atoms with Crippen LogP contribution in [0.4, 0.5) is 0 Å². The molecule has 14 N–H and O–H groups in total. The Morgan fingerprint density at radius 2 is 1.27 bits per heavy atom. The highest BCUT2D eigenvalue weighted by Crippen LogP contribution is 2.76. The van der Waals surface area contributed by atoms with Crippen molar-refractivity contribution in [3.63, 3.8) is 0 Å². The second-order valence-corrected chi connectivity index (χ2v) is 25.1. The molecule has 75 heavy (non-hydrogen) atoms. The number of aliphatic hydroxyl groups excluding tert-OH is 13. The highest BCUT2D eigenvalue weighted by Gasteiger charge is 2.72. The Morgan fingerprint density at radius 1 is 0.653 bits per heavy atom. The fourth-order valence-electron chi connectivity index (χ4n) is 16.1. The maximum atomic E-state index is 15.1. The van der Waals surface area contributed by atoms with Gasteiger partial charge < -0.3 is 109 Å². The van der Waals surface area contributed by atoms with Crippen LogP contribution in [0, 0.1) is 50.7 Å². The number of ether oxygens (including phenoxy) is 8. The van der Waals surface area contributed by atoms with Crippen molar-refractivity contribution >= 4 is 5.97 Å². The lowest BCUT2D eigenvalue weighted by Gasteiger charge is -2.72. The molecule has 4 heterocycles. The number of carbonyl (C=O) groups excluding carboxylic acids is 1. The number of esters is 1. The minimum absolute atomic E-state index is 0.0763. The number of hydrogen-bond donors (Lipinski definition) is 14. The van der Waals surface area contributed by atoms with Crippen LogP contribution in [0.25, 0.3) is 0 Å². The van der Waals surface area contributed by atoms with Gasteiger partial charge in [0, 0.05) is 11.3 Å². The highest BCUT2D eigenvalue weighted by molar-refractivity contribution is 5.79. The van der Waals surface area contributed by atoms with E-state index in [2.05, 4.69) is 26.8 Å². The molecule has 23 heteroatoms. The fraction of sp³-hybridized carbons (Fsp3) is 0.942. The normalized spacial score (nSPS) is 57.1. The monoisotopic (exact) mass is 1080 g/mol. The number of fused-ring (bicyclic) bond motifs is 7. The lowest BCUT2D eigenvalue weighted by atomic mass is 9.33. The number of aliphatic hydroxyl groups is 14. The Bertz CT molecular complexity index is 2080. The summed E-state index contributed by atoms with van der Waals surface area (Å²) in [6.45, 7) is 12.0. The average molecular weight is 1080 g/mol. The van der Waals surface area contributed by atoms with Gasteiger partial charge >= 0.3 is 5.97 Å². The van der Waals surface area contributed by atoms with Gasteiger partial charge in [0.2, 0.25) is 6.29 Å². The molecule has 0 spiro atoms. The van der Waals surface area contributed by atoms with E-state index in [1.165, 1.54) is 6.92 Å². The summed E-state index contributed by atoms with van der Waals surface area (Å²) in [5.74, 6) is -2.06. The molecule has 0 amide bonds. The van der Waals surface area contributed by atoms with Crippen LogP contribution in [-0.4, -0.2) is 232 Å². The SMILES string of the molecule is C[C@@H]1O[C@@H](OC[C@H]2O[C@@H](OC(=O)[C@]34CC[C@](C)(O)[C@H](C)[C@H]3C3=CC[C@@H]5[C@@]6(C)C[C@@H](O)[C@H](O[C@@H]7OC[C@H](O)[C@H](O[C@@H]8OC[C@@H](O)[C@H](O)[C@H]8O)[C@H]7O)[C@@](C)(CO)[C@@H]6CC[C@@]5(C)[C@]3(C)CC4)[C@H](O)[C@@H](O)[C@@H]2O)[C@H](O)[C@H](O)[C@H]1O. The molecule has 30 atom stereocenters. The van der Waals surface area contributed by atoms with Crippen molar-refractivity contribution in [3.05, 3.63) is 11.6 Å². The zero-order chi connectivity index (χ0) is 54.9. The molecule has 0 bridgehead atoms. The Labute approximate surface area is 436 Å². The van der Waals surface area contributed by atoms with Crippen LogP contribution in [0.3, 0.4) is 0 Å². The molecule has 9 rings (SSSR count). The van der Waals surface area contributed by atoms with Crippen molar-refractivity contribution in [2.75, 3.05) is 26.4 Å². The third-order valence-corrected chi connectivity index (χ3v) is 21.1. The van der Waals surface area contributed by atoms with E-state index in [9.17, 15) is 71.5 Å².